The van der Waals surface area contributed by atoms with Gasteiger partial charge in [0.25, 0.3) is 0 Å². The molecule has 0 amide bonds. The van der Waals surface area contributed by atoms with Gasteiger partial charge in [0.2, 0.25) is 0 Å². The molecule has 1 radical (unpaired) electrons. The maximum atomic E-state index is 6.31. The van der Waals surface area contributed by atoms with E-state index in [1.165, 1.54) is 0 Å². The monoisotopic (exact) mass is 439 g/mol. The third-order valence-corrected chi connectivity index (χ3v) is 16.5. The molecule has 3 nitrogen and oxygen atoms in total. The first-order valence-corrected chi connectivity index (χ1v) is 18.2. The van der Waals surface area contributed by atoms with Crippen LogP contribution in [-0.4, -0.2) is 33.8 Å². The predicted molar refractivity (Wildman–Crippen MR) is 100 cm³/mol. The van der Waals surface area contributed by atoms with Gasteiger partial charge in [-0.3, -0.25) is 0 Å². The van der Waals surface area contributed by atoms with Gasteiger partial charge < -0.3 is 12.3 Å². The van der Waals surface area contributed by atoms with Gasteiger partial charge in [0.1, 0.15) is 0 Å². The second-order valence-electron chi connectivity index (χ2n) is 6.72. The van der Waals surface area contributed by atoms with Gasteiger partial charge in [0, 0.05) is 32.7 Å². The van der Waals surface area contributed by atoms with Gasteiger partial charge in [-0.25, -0.2) is 0 Å². The van der Waals surface area contributed by atoms with Gasteiger partial charge in [-0.15, -0.1) is 13.2 Å². The van der Waals surface area contributed by atoms with E-state index in [0.29, 0.717) is 0 Å². The van der Waals surface area contributed by atoms with Crippen molar-refractivity contribution in [3.8, 4) is 0 Å². The minimum atomic E-state index is -2.19. The van der Waals surface area contributed by atoms with Crippen molar-refractivity contribution in [1.29, 1.82) is 0 Å². The average Bonchev–Trinajstić information content (AvgIpc) is 2.12. The second-order valence-corrected chi connectivity index (χ2v) is 22.0. The Kier molecular flexibility index (Phi) is 12.4. The van der Waals surface area contributed by atoms with Crippen LogP contribution in [0.25, 0.3) is 0 Å². The molecule has 0 aromatic carbocycles. The van der Waals surface area contributed by atoms with Crippen LogP contribution < -0.4 is 0 Å². The zero-order valence-electron chi connectivity index (χ0n) is 14.4. The van der Waals surface area contributed by atoms with Crippen molar-refractivity contribution < 1.29 is 45.1 Å². The van der Waals surface area contributed by atoms with Crippen LogP contribution in [0.4, 0.5) is 0 Å². The molecule has 8 heteroatoms. The van der Waals surface area contributed by atoms with Crippen LogP contribution in [0.15, 0.2) is 24.6 Å². The van der Waals surface area contributed by atoms with Gasteiger partial charge in [0.15, 0.2) is 16.6 Å². The fourth-order valence-corrected chi connectivity index (χ4v) is 18.6. The van der Waals surface area contributed by atoms with Gasteiger partial charge in [0.05, 0.1) is 0 Å². The van der Waals surface area contributed by atoms with Crippen molar-refractivity contribution in [2.45, 2.75) is 59.8 Å². The van der Waals surface area contributed by atoms with E-state index in [1.807, 2.05) is 11.4 Å². The van der Waals surface area contributed by atoms with Crippen LogP contribution in [0.3, 0.4) is 0 Å². The van der Waals surface area contributed by atoms with Crippen LogP contribution in [-0.2, 0) is 45.1 Å². The van der Waals surface area contributed by atoms with Gasteiger partial charge in [-0.1, -0.05) is 18.8 Å². The van der Waals surface area contributed by atoms with Crippen LogP contribution in [0, 0.1) is 0 Å². The minimum Gasteiger partial charge on any atom is -0.433 e. The molecule has 0 unspecified atom stereocenters. The Bertz CT molecular complexity index is 312. The SMILES string of the molecule is C.C=C[Si](C)(C)O[Si](C)(C)O[Si](C)(C)O[Si](C)(C)C=C.[Y]. The summed E-state index contributed by atoms with van der Waals surface area (Å²) in [5.41, 5.74) is 3.89. The van der Waals surface area contributed by atoms with E-state index in [1.54, 1.807) is 0 Å². The maximum Gasteiger partial charge on any atom is 0.312 e. The fraction of sp³-hybridized carbons (Fsp3) is 0.692. The smallest absolute Gasteiger partial charge is 0.312 e. The molecule has 0 N–H and O–H groups in total. The van der Waals surface area contributed by atoms with Gasteiger partial charge in [-0.05, 0) is 52.4 Å². The van der Waals surface area contributed by atoms with E-state index < -0.39 is 33.8 Å². The van der Waals surface area contributed by atoms with E-state index >= 15 is 0 Å². The third kappa shape index (κ3) is 12.4. The third-order valence-electron chi connectivity index (χ3n) is 2.49. The molecule has 0 saturated carbocycles. The average molecular weight is 440 g/mol. The van der Waals surface area contributed by atoms with E-state index in [-0.39, 0.29) is 40.1 Å². The molecule has 0 heterocycles. The predicted octanol–water partition coefficient (Wildman–Crippen LogP) is 4.93. The summed E-state index contributed by atoms with van der Waals surface area (Å²) in [6.45, 7) is 24.6. The van der Waals surface area contributed by atoms with Crippen molar-refractivity contribution >= 4 is 33.8 Å². The first kappa shape index (κ1) is 27.2. The standard InChI is InChI=1S/C12H30O3Si4.CH4.Y/c1-11-16(3,4)13-18(7,8)15-19(9,10)14-17(5,6)12-2;;/h11-12H,1-2H2,3-10H3;1H4;. The zero-order chi connectivity index (χ0) is 15.5. The van der Waals surface area contributed by atoms with Crippen LogP contribution in [0.2, 0.25) is 52.4 Å². The van der Waals surface area contributed by atoms with E-state index in [2.05, 4.69) is 65.5 Å². The van der Waals surface area contributed by atoms with Gasteiger partial charge in [-0.2, -0.15) is 0 Å². The van der Waals surface area contributed by atoms with Crippen LogP contribution in [0.1, 0.15) is 7.43 Å². The Morgan fingerprint density at radius 2 is 0.857 bits per heavy atom. The van der Waals surface area contributed by atoms with Crippen molar-refractivity contribution in [3.63, 3.8) is 0 Å². The Labute approximate surface area is 162 Å². The number of rotatable bonds is 8. The Morgan fingerprint density at radius 3 is 1.05 bits per heavy atom. The summed E-state index contributed by atoms with van der Waals surface area (Å²) in [5, 5.41) is 0. The topological polar surface area (TPSA) is 27.7 Å². The summed E-state index contributed by atoms with van der Waals surface area (Å²) < 4.78 is 18.8. The normalized spacial score (nSPS) is 13.0. The number of hydrogen-bond acceptors (Lipinski definition) is 3. The first-order valence-electron chi connectivity index (χ1n) is 6.62. The molecule has 0 aromatic rings. The molecule has 21 heavy (non-hydrogen) atoms. The molecule has 123 valence electrons. The summed E-state index contributed by atoms with van der Waals surface area (Å²) in [4.78, 5) is 0. The largest absolute Gasteiger partial charge is 0.433 e. The van der Waals surface area contributed by atoms with E-state index in [0.717, 1.165) is 0 Å². The van der Waals surface area contributed by atoms with Crippen molar-refractivity contribution in [2.24, 2.45) is 0 Å². The Morgan fingerprint density at radius 1 is 0.619 bits per heavy atom. The van der Waals surface area contributed by atoms with Crippen molar-refractivity contribution in [2.75, 3.05) is 0 Å². The van der Waals surface area contributed by atoms with Gasteiger partial charge >= 0.3 is 17.1 Å². The summed E-state index contributed by atoms with van der Waals surface area (Å²) in [5.74, 6) is 0. The fourth-order valence-electron chi connectivity index (χ4n) is 1.98. The molecule has 0 fully saturated rings. The molecule has 0 aliphatic carbocycles. The molecule has 0 aliphatic heterocycles. The quantitative estimate of drug-likeness (QED) is 0.502. The molecule has 0 atom stereocenters. The molecule has 0 saturated heterocycles. The molecule has 0 bridgehead atoms. The summed E-state index contributed by atoms with van der Waals surface area (Å²) >= 11 is 0. The molecule has 0 aliphatic rings. The Hall–Kier alpha value is 1.33. The van der Waals surface area contributed by atoms with Crippen molar-refractivity contribution in [1.82, 2.24) is 0 Å². The van der Waals surface area contributed by atoms with E-state index in [9.17, 15) is 0 Å². The summed E-state index contributed by atoms with van der Waals surface area (Å²) in [6.07, 6.45) is 0. The Balaban J connectivity index is -0.00000162. The molecule has 0 spiro atoms. The second kappa shape index (κ2) is 9.58. The number of hydrogen-bond donors (Lipinski definition) is 0. The van der Waals surface area contributed by atoms with E-state index in [4.69, 9.17) is 12.3 Å². The van der Waals surface area contributed by atoms with Crippen molar-refractivity contribution in [3.05, 3.63) is 24.6 Å². The molecule has 0 rings (SSSR count). The van der Waals surface area contributed by atoms with Crippen LogP contribution >= 0.6 is 0 Å². The molecular formula is C13H34O3Si4Y. The first-order chi connectivity index (χ1) is 8.24. The minimum absolute atomic E-state index is 0. The maximum absolute atomic E-state index is 6.31. The summed E-state index contributed by atoms with van der Waals surface area (Å²) in [6, 6.07) is 0. The molecule has 0 aromatic heterocycles. The van der Waals surface area contributed by atoms with Crippen LogP contribution in [0.5, 0.6) is 0 Å². The zero-order valence-corrected chi connectivity index (χ0v) is 21.2. The summed E-state index contributed by atoms with van der Waals surface area (Å²) in [7, 11) is -8.03. The molecular weight excluding hydrogens is 405 g/mol.